The molecule has 3 rings (SSSR count). The summed E-state index contributed by atoms with van der Waals surface area (Å²) in [6, 6.07) is 7.91. The van der Waals surface area contributed by atoms with Crippen molar-refractivity contribution < 1.29 is 9.59 Å². The summed E-state index contributed by atoms with van der Waals surface area (Å²) in [6.45, 7) is 0.981. The Balaban J connectivity index is 1.67. The van der Waals surface area contributed by atoms with Crippen LogP contribution in [0, 0.1) is 0 Å². The molecule has 0 aromatic heterocycles. The zero-order valence-electron chi connectivity index (χ0n) is 11.6. The first-order valence-electron chi connectivity index (χ1n) is 7.40. The monoisotopic (exact) mass is 272 g/mol. The van der Waals surface area contributed by atoms with Gasteiger partial charge in [0, 0.05) is 30.3 Å². The molecule has 1 heterocycles. The van der Waals surface area contributed by atoms with Crippen molar-refractivity contribution in [2.75, 3.05) is 18.0 Å². The number of carbonyl (C=O) groups is 2. The van der Waals surface area contributed by atoms with Crippen molar-refractivity contribution in [3.05, 3.63) is 29.8 Å². The molecule has 0 bridgehead atoms. The molecule has 106 valence electrons. The third-order valence-electron chi connectivity index (χ3n) is 4.21. The third-order valence-corrected chi connectivity index (χ3v) is 4.21. The molecule has 0 atom stereocenters. The van der Waals surface area contributed by atoms with Crippen LogP contribution >= 0.6 is 0 Å². The van der Waals surface area contributed by atoms with Gasteiger partial charge < -0.3 is 10.2 Å². The lowest BCUT2D eigenvalue weighted by atomic mass is 10.0. The maximum Gasteiger partial charge on any atom is 0.239 e. The number of hydrogen-bond acceptors (Lipinski definition) is 3. The molecule has 1 aromatic carbocycles. The van der Waals surface area contributed by atoms with Crippen LogP contribution in [0.5, 0.6) is 0 Å². The first-order valence-corrected chi connectivity index (χ1v) is 7.40. The average molecular weight is 272 g/mol. The molecule has 4 heteroatoms. The number of rotatable bonds is 3. The highest BCUT2D eigenvalue weighted by Gasteiger charge is 2.25. The van der Waals surface area contributed by atoms with E-state index in [9.17, 15) is 9.59 Å². The van der Waals surface area contributed by atoms with Gasteiger partial charge in [0.25, 0.3) is 0 Å². The number of amides is 1. The number of carbonyl (C=O) groups excluding carboxylic acids is 2. The summed E-state index contributed by atoms with van der Waals surface area (Å²) in [5.41, 5.74) is 1.64. The number of Topliss-reactive ketones (excluding diaryl/α,β-unsaturated/α-hetero) is 1. The van der Waals surface area contributed by atoms with Crippen molar-refractivity contribution >= 4 is 17.4 Å². The summed E-state index contributed by atoms with van der Waals surface area (Å²) in [4.78, 5) is 26.0. The largest absolute Gasteiger partial charge is 0.361 e. The van der Waals surface area contributed by atoms with E-state index in [-0.39, 0.29) is 11.7 Å². The highest BCUT2D eigenvalue weighted by Crippen LogP contribution is 2.26. The number of nitrogens with one attached hydrogen (secondary N) is 1. The van der Waals surface area contributed by atoms with Gasteiger partial charge in [0.15, 0.2) is 5.78 Å². The van der Waals surface area contributed by atoms with Gasteiger partial charge in [-0.15, -0.1) is 0 Å². The van der Waals surface area contributed by atoms with Crippen LogP contribution in [0.3, 0.4) is 0 Å². The van der Waals surface area contributed by atoms with E-state index in [1.807, 2.05) is 29.2 Å². The lowest BCUT2D eigenvalue weighted by Crippen LogP contribution is -2.43. The molecule has 1 amide bonds. The van der Waals surface area contributed by atoms with Gasteiger partial charge in [-0.25, -0.2) is 0 Å². The molecule has 4 nitrogen and oxygen atoms in total. The molecule has 1 fully saturated rings. The second kappa shape index (κ2) is 5.65. The number of para-hydroxylation sites is 1. The van der Waals surface area contributed by atoms with Crippen LogP contribution in [0.15, 0.2) is 24.3 Å². The van der Waals surface area contributed by atoms with E-state index < -0.39 is 0 Å². The quantitative estimate of drug-likeness (QED) is 0.917. The summed E-state index contributed by atoms with van der Waals surface area (Å²) < 4.78 is 0. The van der Waals surface area contributed by atoms with Crippen LogP contribution in [0.1, 0.15) is 42.5 Å². The van der Waals surface area contributed by atoms with Gasteiger partial charge in [-0.3, -0.25) is 9.59 Å². The minimum atomic E-state index is 0.0704. The van der Waals surface area contributed by atoms with E-state index in [1.54, 1.807) is 0 Å². The molecule has 1 N–H and O–H groups in total. The van der Waals surface area contributed by atoms with E-state index >= 15 is 0 Å². The van der Waals surface area contributed by atoms with Gasteiger partial charge in [-0.05, 0) is 25.0 Å². The Morgan fingerprint density at radius 2 is 2.00 bits per heavy atom. The fourth-order valence-electron chi connectivity index (χ4n) is 3.16. The molecule has 1 aromatic rings. The van der Waals surface area contributed by atoms with E-state index in [2.05, 4.69) is 5.32 Å². The third kappa shape index (κ3) is 2.69. The number of nitrogens with zero attached hydrogens (tertiary/aromatic N) is 1. The Kier molecular flexibility index (Phi) is 3.72. The lowest BCUT2D eigenvalue weighted by Gasteiger charge is -2.30. The van der Waals surface area contributed by atoms with Gasteiger partial charge in [-0.1, -0.05) is 25.0 Å². The molecule has 2 aliphatic rings. The van der Waals surface area contributed by atoms with Gasteiger partial charge in [-0.2, -0.15) is 0 Å². The van der Waals surface area contributed by atoms with Gasteiger partial charge in [0.05, 0.1) is 6.54 Å². The second-order valence-corrected chi connectivity index (χ2v) is 5.66. The maximum atomic E-state index is 12.1. The molecule has 20 heavy (non-hydrogen) atoms. The van der Waals surface area contributed by atoms with E-state index in [0.29, 0.717) is 25.6 Å². The molecular weight excluding hydrogens is 252 g/mol. The van der Waals surface area contributed by atoms with Gasteiger partial charge in [0.1, 0.15) is 0 Å². The van der Waals surface area contributed by atoms with Crippen molar-refractivity contribution in [2.45, 2.75) is 38.1 Å². The first-order chi connectivity index (χ1) is 9.74. The molecule has 0 radical (unpaired) electrons. The average Bonchev–Trinajstić information content (AvgIpc) is 2.95. The fraction of sp³-hybridized carbons (Fsp3) is 0.500. The predicted molar refractivity (Wildman–Crippen MR) is 78.0 cm³/mol. The Bertz CT molecular complexity index is 521. The molecule has 0 unspecified atom stereocenters. The van der Waals surface area contributed by atoms with Crippen molar-refractivity contribution in [1.29, 1.82) is 0 Å². The Labute approximate surface area is 119 Å². The molecule has 1 aliphatic carbocycles. The van der Waals surface area contributed by atoms with Crippen LogP contribution in [0.4, 0.5) is 5.69 Å². The summed E-state index contributed by atoms with van der Waals surface area (Å²) in [6.07, 6.45) is 5.12. The van der Waals surface area contributed by atoms with Crippen LogP contribution < -0.4 is 10.2 Å². The van der Waals surface area contributed by atoms with Crippen molar-refractivity contribution in [3.8, 4) is 0 Å². The topological polar surface area (TPSA) is 49.4 Å². The standard InChI is InChI=1S/C16H20N2O2/c19-15-9-10-18(14-8-4-3-7-13(14)15)11-16(20)17-12-5-1-2-6-12/h3-4,7-8,12H,1-2,5-6,9-11H2,(H,17,20). The highest BCUT2D eigenvalue weighted by atomic mass is 16.2. The fourth-order valence-corrected chi connectivity index (χ4v) is 3.16. The highest BCUT2D eigenvalue weighted by molar-refractivity contribution is 6.04. The SMILES string of the molecule is O=C(CN1CCC(=O)c2ccccc21)NC1CCCC1. The zero-order chi connectivity index (χ0) is 13.9. The van der Waals surface area contributed by atoms with E-state index in [0.717, 1.165) is 24.1 Å². The molecule has 1 aliphatic heterocycles. The lowest BCUT2D eigenvalue weighted by molar-refractivity contribution is -0.120. The van der Waals surface area contributed by atoms with Crippen LogP contribution in [0.2, 0.25) is 0 Å². The summed E-state index contributed by atoms with van der Waals surface area (Å²) in [7, 11) is 0. The summed E-state index contributed by atoms with van der Waals surface area (Å²) >= 11 is 0. The summed E-state index contributed by atoms with van der Waals surface area (Å²) in [5, 5.41) is 3.10. The number of fused-ring (bicyclic) bond motifs is 1. The van der Waals surface area contributed by atoms with Crippen molar-refractivity contribution in [3.63, 3.8) is 0 Å². The molecule has 1 saturated carbocycles. The maximum absolute atomic E-state index is 12.1. The van der Waals surface area contributed by atoms with Crippen LogP contribution in [-0.4, -0.2) is 30.8 Å². The van der Waals surface area contributed by atoms with E-state index in [1.165, 1.54) is 12.8 Å². The summed E-state index contributed by atoms with van der Waals surface area (Å²) in [5.74, 6) is 0.245. The van der Waals surface area contributed by atoms with Crippen LogP contribution in [-0.2, 0) is 4.79 Å². The molecule has 0 spiro atoms. The Morgan fingerprint density at radius 3 is 2.80 bits per heavy atom. The smallest absolute Gasteiger partial charge is 0.239 e. The van der Waals surface area contributed by atoms with Crippen molar-refractivity contribution in [2.24, 2.45) is 0 Å². The number of hydrogen-bond donors (Lipinski definition) is 1. The number of anilines is 1. The van der Waals surface area contributed by atoms with E-state index in [4.69, 9.17) is 0 Å². The minimum Gasteiger partial charge on any atom is -0.361 e. The first kappa shape index (κ1) is 13.2. The Morgan fingerprint density at radius 1 is 1.25 bits per heavy atom. The second-order valence-electron chi connectivity index (χ2n) is 5.66. The molecular formula is C16H20N2O2. The van der Waals surface area contributed by atoms with Crippen molar-refractivity contribution in [1.82, 2.24) is 5.32 Å². The van der Waals surface area contributed by atoms with Gasteiger partial charge >= 0.3 is 0 Å². The van der Waals surface area contributed by atoms with Crippen LogP contribution in [0.25, 0.3) is 0 Å². The minimum absolute atomic E-state index is 0.0704. The Hall–Kier alpha value is -1.84. The normalized spacial score (nSPS) is 19.0. The number of ketones is 1. The zero-order valence-corrected chi connectivity index (χ0v) is 11.6. The predicted octanol–water partition coefficient (Wildman–Crippen LogP) is 2.14. The molecule has 0 saturated heterocycles. The number of benzene rings is 1. The van der Waals surface area contributed by atoms with Gasteiger partial charge in [0.2, 0.25) is 5.91 Å².